The summed E-state index contributed by atoms with van der Waals surface area (Å²) in [4.78, 5) is 13.0. The lowest BCUT2D eigenvalue weighted by molar-refractivity contribution is -0.121. The summed E-state index contributed by atoms with van der Waals surface area (Å²) in [6.07, 6.45) is 2.29. The average Bonchev–Trinajstić information content (AvgIpc) is 3.09. The van der Waals surface area contributed by atoms with E-state index in [2.05, 4.69) is 22.0 Å². The number of nitrogens with one attached hydrogen (secondary N) is 1. The topological polar surface area (TPSA) is 34.0 Å². The fourth-order valence-corrected chi connectivity index (χ4v) is 4.09. The van der Waals surface area contributed by atoms with Gasteiger partial charge < -0.3 is 9.88 Å². The first kappa shape index (κ1) is 19.9. The maximum atomic E-state index is 14.0. The van der Waals surface area contributed by atoms with E-state index in [1.54, 1.807) is 6.07 Å². The smallest absolute Gasteiger partial charge is 0.221 e. The maximum Gasteiger partial charge on any atom is 0.221 e. The van der Waals surface area contributed by atoms with Gasteiger partial charge in [0.15, 0.2) is 0 Å². The third kappa shape index (κ3) is 4.13. The van der Waals surface area contributed by atoms with Gasteiger partial charge in [-0.05, 0) is 41.8 Å². The van der Waals surface area contributed by atoms with Crippen LogP contribution in [0.3, 0.4) is 0 Å². The van der Waals surface area contributed by atoms with E-state index in [9.17, 15) is 9.18 Å². The van der Waals surface area contributed by atoms with E-state index < -0.39 is 0 Å². The van der Waals surface area contributed by atoms with Gasteiger partial charge in [0.25, 0.3) is 0 Å². The molecule has 0 unspecified atom stereocenters. The second kappa shape index (κ2) is 8.54. The third-order valence-electron chi connectivity index (χ3n) is 5.62. The van der Waals surface area contributed by atoms with Crippen LogP contribution in [0.5, 0.6) is 0 Å². The molecule has 1 heterocycles. The van der Waals surface area contributed by atoms with E-state index in [0.717, 1.165) is 27.6 Å². The van der Waals surface area contributed by atoms with Crippen LogP contribution in [0, 0.1) is 5.82 Å². The lowest BCUT2D eigenvalue weighted by Gasteiger charge is -2.20. The molecule has 2 atom stereocenters. The van der Waals surface area contributed by atoms with Gasteiger partial charge in [0.2, 0.25) is 5.91 Å². The van der Waals surface area contributed by atoms with E-state index in [1.165, 1.54) is 12.1 Å². The molecule has 0 aliphatic carbocycles. The molecular formula is C26H25FN2O. The Labute approximate surface area is 176 Å². The summed E-state index contributed by atoms with van der Waals surface area (Å²) in [5.74, 6) is -0.598. The molecule has 1 amide bonds. The number of carbonyl (C=O) groups excluding carboxylic acids is 1. The quantitative estimate of drug-likeness (QED) is 0.441. The number of hydrogen-bond acceptors (Lipinski definition) is 1. The average molecular weight is 400 g/mol. The Hall–Kier alpha value is -3.40. The molecule has 30 heavy (non-hydrogen) atoms. The number of nitrogens with zero attached hydrogens (tertiary/aromatic N) is 1. The van der Waals surface area contributed by atoms with Crippen molar-refractivity contribution >= 4 is 16.8 Å². The van der Waals surface area contributed by atoms with Gasteiger partial charge in [-0.15, -0.1) is 0 Å². The largest absolute Gasteiger partial charge is 0.350 e. The zero-order chi connectivity index (χ0) is 21.1. The van der Waals surface area contributed by atoms with Gasteiger partial charge in [-0.2, -0.15) is 0 Å². The first-order valence-electron chi connectivity index (χ1n) is 10.2. The molecule has 4 heteroatoms. The summed E-state index contributed by atoms with van der Waals surface area (Å²) in [6, 6.07) is 24.4. The highest BCUT2D eigenvalue weighted by Gasteiger charge is 2.23. The van der Waals surface area contributed by atoms with Gasteiger partial charge in [-0.25, -0.2) is 4.39 Å². The van der Waals surface area contributed by atoms with Gasteiger partial charge in [0.1, 0.15) is 5.82 Å². The molecule has 1 aromatic heterocycles. The van der Waals surface area contributed by atoms with Gasteiger partial charge in [-0.3, -0.25) is 4.79 Å². The fraction of sp³-hybridized carbons (Fsp3) is 0.192. The third-order valence-corrected chi connectivity index (χ3v) is 5.62. The molecule has 0 bridgehead atoms. The molecule has 4 aromatic rings. The van der Waals surface area contributed by atoms with E-state index in [0.29, 0.717) is 0 Å². The van der Waals surface area contributed by atoms with Crippen LogP contribution in [0.1, 0.15) is 42.0 Å². The van der Waals surface area contributed by atoms with Crippen molar-refractivity contribution in [1.82, 2.24) is 9.88 Å². The van der Waals surface area contributed by atoms with Crippen molar-refractivity contribution in [2.75, 3.05) is 0 Å². The maximum absolute atomic E-state index is 14.0. The van der Waals surface area contributed by atoms with Gasteiger partial charge in [0.05, 0.1) is 6.04 Å². The molecule has 0 radical (unpaired) electrons. The summed E-state index contributed by atoms with van der Waals surface area (Å²) < 4.78 is 16.1. The minimum atomic E-state index is -0.296. The molecule has 3 nitrogen and oxygen atoms in total. The summed E-state index contributed by atoms with van der Waals surface area (Å²) in [5.41, 5.74) is 3.97. The molecule has 152 valence electrons. The zero-order valence-corrected chi connectivity index (χ0v) is 17.2. The van der Waals surface area contributed by atoms with Crippen molar-refractivity contribution < 1.29 is 9.18 Å². The van der Waals surface area contributed by atoms with Crippen LogP contribution >= 0.6 is 0 Å². The van der Waals surface area contributed by atoms with Crippen LogP contribution in [0.2, 0.25) is 0 Å². The number of amides is 1. The summed E-state index contributed by atoms with van der Waals surface area (Å²) >= 11 is 0. The predicted molar refractivity (Wildman–Crippen MR) is 119 cm³/mol. The summed E-state index contributed by atoms with van der Waals surface area (Å²) in [6.45, 7) is 1.97. The van der Waals surface area contributed by atoms with Gasteiger partial charge >= 0.3 is 0 Å². The molecule has 0 saturated heterocycles. The monoisotopic (exact) mass is 400 g/mol. The normalized spacial score (nSPS) is 13.2. The van der Waals surface area contributed by atoms with Crippen LogP contribution < -0.4 is 5.32 Å². The summed E-state index contributed by atoms with van der Waals surface area (Å²) in [7, 11) is 1.99. The molecule has 1 N–H and O–H groups in total. The Bertz CT molecular complexity index is 1170. The number of fused-ring (bicyclic) bond motifs is 1. The summed E-state index contributed by atoms with van der Waals surface area (Å²) in [5, 5.41) is 4.18. The number of aromatic nitrogens is 1. The number of aryl methyl sites for hydroxylation is 1. The Morgan fingerprint density at radius 1 is 0.967 bits per heavy atom. The molecule has 0 saturated carbocycles. The lowest BCUT2D eigenvalue weighted by Crippen LogP contribution is -2.28. The molecule has 0 aliphatic heterocycles. The van der Waals surface area contributed by atoms with Crippen LogP contribution in [-0.2, 0) is 11.8 Å². The first-order chi connectivity index (χ1) is 14.5. The molecule has 0 spiro atoms. The molecule has 3 aromatic carbocycles. The Balaban J connectivity index is 1.67. The lowest BCUT2D eigenvalue weighted by atomic mass is 9.87. The molecule has 0 aliphatic rings. The standard InChI is InChI=1S/C26H25FN2O/c1-18(19-9-4-3-5-10-19)28-26(30)16-23(20-11-8-12-21(27)15-20)24-17-29(2)25-14-7-6-13-22(24)25/h3-15,17-18,23H,16H2,1-2H3,(H,28,30)/t18-,23-/m1/s1. The van der Waals surface area contributed by atoms with Crippen molar-refractivity contribution in [2.45, 2.75) is 25.3 Å². The number of hydrogen-bond donors (Lipinski definition) is 1. The first-order valence-corrected chi connectivity index (χ1v) is 10.2. The molecular weight excluding hydrogens is 375 g/mol. The molecule has 4 rings (SSSR count). The van der Waals surface area contributed by atoms with Crippen LogP contribution in [0.25, 0.3) is 10.9 Å². The SMILES string of the molecule is C[C@@H](NC(=O)C[C@H](c1cccc(F)c1)c1cn(C)c2ccccc12)c1ccccc1. The van der Waals surface area contributed by atoms with Crippen molar-refractivity contribution in [2.24, 2.45) is 7.05 Å². The Morgan fingerprint density at radius 3 is 2.43 bits per heavy atom. The van der Waals surface area contributed by atoms with Crippen LogP contribution in [-0.4, -0.2) is 10.5 Å². The van der Waals surface area contributed by atoms with E-state index >= 15 is 0 Å². The predicted octanol–water partition coefficient (Wildman–Crippen LogP) is 5.72. The highest BCUT2D eigenvalue weighted by Crippen LogP contribution is 2.34. The van der Waals surface area contributed by atoms with Crippen molar-refractivity contribution in [3.63, 3.8) is 0 Å². The second-order valence-electron chi connectivity index (χ2n) is 7.72. The van der Waals surface area contributed by atoms with E-state index in [4.69, 9.17) is 0 Å². The highest BCUT2D eigenvalue weighted by atomic mass is 19.1. The Kier molecular flexibility index (Phi) is 5.66. The van der Waals surface area contributed by atoms with Crippen LogP contribution in [0.4, 0.5) is 4.39 Å². The van der Waals surface area contributed by atoms with Gasteiger partial charge in [0, 0.05) is 36.5 Å². The number of carbonyl (C=O) groups is 1. The number of halogens is 1. The Morgan fingerprint density at radius 2 is 1.67 bits per heavy atom. The van der Waals surface area contributed by atoms with Crippen LogP contribution in [0.15, 0.2) is 85.1 Å². The zero-order valence-electron chi connectivity index (χ0n) is 17.2. The van der Waals surface area contributed by atoms with Crippen molar-refractivity contribution in [1.29, 1.82) is 0 Å². The van der Waals surface area contributed by atoms with Gasteiger partial charge in [-0.1, -0.05) is 60.7 Å². The fourth-order valence-electron chi connectivity index (χ4n) is 4.09. The second-order valence-corrected chi connectivity index (χ2v) is 7.72. The molecule has 0 fully saturated rings. The van der Waals surface area contributed by atoms with E-state index in [1.807, 2.05) is 68.7 Å². The number of para-hydroxylation sites is 1. The number of rotatable bonds is 6. The van der Waals surface area contributed by atoms with Crippen molar-refractivity contribution in [3.05, 3.63) is 108 Å². The van der Waals surface area contributed by atoms with E-state index in [-0.39, 0.29) is 30.1 Å². The number of benzene rings is 3. The minimum absolute atomic E-state index is 0.0615. The van der Waals surface area contributed by atoms with Crippen molar-refractivity contribution in [3.8, 4) is 0 Å². The highest BCUT2D eigenvalue weighted by molar-refractivity contribution is 5.86. The minimum Gasteiger partial charge on any atom is -0.350 e.